The summed E-state index contributed by atoms with van der Waals surface area (Å²) in [4.78, 5) is 61.0. The minimum atomic E-state index is -1.81. The maximum Gasteiger partial charge on any atom is 0.418 e. The SMILES string of the molecule is CCCCC(OCNc1ccc(Cl)c(NC(=O)C(c2nc3c(C#N)cccc3c(=O)n2N(C)C)N2C(=O)OC(CCCC)C2=O)c1)Oc1ccc(C)cc1C. The summed E-state index contributed by atoms with van der Waals surface area (Å²) in [6.07, 6.45) is 1.37. The second-order valence-corrected chi connectivity index (χ2v) is 13.9. The van der Waals surface area contributed by atoms with Gasteiger partial charge in [0.2, 0.25) is 6.29 Å². The van der Waals surface area contributed by atoms with E-state index < -0.39 is 41.9 Å². The number of unbranched alkanes of at least 4 members (excludes halogenated alkanes) is 2. The number of hydrogen-bond donors (Lipinski definition) is 2. The number of carbonyl (C=O) groups excluding carboxylic acids is 3. The molecular formula is C40H46ClN7O7. The number of fused-ring (bicyclic) bond motifs is 1. The Morgan fingerprint density at radius 1 is 1.07 bits per heavy atom. The molecule has 0 radical (unpaired) electrons. The molecule has 14 nitrogen and oxygen atoms in total. The van der Waals surface area contributed by atoms with E-state index in [4.69, 9.17) is 25.8 Å². The number of carbonyl (C=O) groups is 3. The molecule has 3 atom stereocenters. The molecule has 55 heavy (non-hydrogen) atoms. The maximum absolute atomic E-state index is 14.5. The molecule has 3 aromatic carbocycles. The number of anilines is 2. The Hall–Kier alpha value is -5.65. The van der Waals surface area contributed by atoms with E-state index in [0.717, 1.165) is 40.8 Å². The molecule has 1 saturated heterocycles. The van der Waals surface area contributed by atoms with Crippen LogP contribution in [0, 0.1) is 25.2 Å². The molecular weight excluding hydrogens is 726 g/mol. The number of halogens is 1. The summed E-state index contributed by atoms with van der Waals surface area (Å²) in [6, 6.07) is 15.5. The van der Waals surface area contributed by atoms with Crippen LogP contribution in [0.3, 0.4) is 0 Å². The Kier molecular flexibility index (Phi) is 13.4. The number of nitrogens with zero attached hydrogens (tertiary/aromatic N) is 5. The number of ether oxygens (including phenoxy) is 3. The summed E-state index contributed by atoms with van der Waals surface area (Å²) in [5.74, 6) is -1.22. The van der Waals surface area contributed by atoms with Crippen LogP contribution >= 0.6 is 11.6 Å². The summed E-state index contributed by atoms with van der Waals surface area (Å²) in [5.41, 5.74) is 2.25. The lowest BCUT2D eigenvalue weighted by atomic mass is 10.1. The summed E-state index contributed by atoms with van der Waals surface area (Å²) in [6.45, 7) is 8.08. The lowest BCUT2D eigenvalue weighted by Gasteiger charge is -2.28. The first kappa shape index (κ1) is 40.5. The van der Waals surface area contributed by atoms with E-state index >= 15 is 0 Å². The van der Waals surface area contributed by atoms with Crippen molar-refractivity contribution in [2.75, 3.05) is 36.5 Å². The van der Waals surface area contributed by atoms with Crippen LogP contribution in [0.15, 0.2) is 59.4 Å². The van der Waals surface area contributed by atoms with Gasteiger partial charge in [-0.2, -0.15) is 5.26 Å². The fourth-order valence-corrected chi connectivity index (χ4v) is 6.43. The number of hydrogen-bond acceptors (Lipinski definition) is 11. The Bertz CT molecular complexity index is 2170. The molecule has 3 unspecified atom stereocenters. The first-order valence-electron chi connectivity index (χ1n) is 18.2. The van der Waals surface area contributed by atoms with Gasteiger partial charge in [-0.25, -0.2) is 19.4 Å². The van der Waals surface area contributed by atoms with E-state index in [-0.39, 0.29) is 46.2 Å². The third-order valence-corrected chi connectivity index (χ3v) is 9.43. The Balaban J connectivity index is 1.47. The lowest BCUT2D eigenvalue weighted by Crippen LogP contribution is -2.48. The van der Waals surface area contributed by atoms with Crippen LogP contribution < -0.4 is 25.9 Å². The predicted molar refractivity (Wildman–Crippen MR) is 210 cm³/mol. The number of aryl methyl sites for hydroxylation is 2. The fourth-order valence-electron chi connectivity index (χ4n) is 6.27. The third kappa shape index (κ3) is 9.18. The number of nitrogens with one attached hydrogen (secondary N) is 2. The Morgan fingerprint density at radius 2 is 1.84 bits per heavy atom. The van der Waals surface area contributed by atoms with Gasteiger partial charge in [0.1, 0.15) is 18.5 Å². The Labute approximate surface area is 324 Å². The molecule has 4 aromatic rings. The minimum Gasteiger partial charge on any atom is -0.465 e. The molecule has 3 amide bonds. The van der Waals surface area contributed by atoms with Gasteiger partial charge >= 0.3 is 6.09 Å². The molecule has 1 aliphatic heterocycles. The van der Waals surface area contributed by atoms with E-state index in [0.29, 0.717) is 23.4 Å². The van der Waals surface area contributed by atoms with Crippen molar-refractivity contribution in [2.45, 2.75) is 84.7 Å². The zero-order valence-electron chi connectivity index (χ0n) is 31.8. The van der Waals surface area contributed by atoms with Crippen LogP contribution in [-0.2, 0) is 19.1 Å². The first-order chi connectivity index (χ1) is 26.4. The van der Waals surface area contributed by atoms with Crippen molar-refractivity contribution in [3.05, 3.63) is 92.5 Å². The number of para-hydroxylation sites is 1. The first-order valence-corrected chi connectivity index (χ1v) is 18.6. The standard InChI is InChI=1S/C40H46ClN7O7/c1-7-9-14-32-39(51)47(40(52)55-32)35(36-45-34-26(22-42)12-11-13-28(34)38(50)48(36)46(5)6)37(49)44-30-21-27(17-18-29(30)41)43-23-53-33(15-10-8-2)54-31-19-16-24(3)20-25(31)4/h11-13,16-21,32-33,35,43H,7-10,14-15,23H2,1-6H3,(H,44,49). The van der Waals surface area contributed by atoms with Gasteiger partial charge in [-0.1, -0.05) is 62.1 Å². The second kappa shape index (κ2) is 18.1. The van der Waals surface area contributed by atoms with Crippen LogP contribution in [-0.4, -0.2) is 65.7 Å². The summed E-state index contributed by atoms with van der Waals surface area (Å²) in [5, 5.41) is 17.4. The summed E-state index contributed by atoms with van der Waals surface area (Å²) >= 11 is 6.59. The average Bonchev–Trinajstić information content (AvgIpc) is 3.43. The van der Waals surface area contributed by atoms with E-state index in [9.17, 15) is 24.4 Å². The number of cyclic esters (lactones) is 1. The van der Waals surface area contributed by atoms with E-state index in [2.05, 4.69) is 22.5 Å². The average molecular weight is 772 g/mol. The van der Waals surface area contributed by atoms with Gasteiger partial charge in [-0.15, -0.1) is 0 Å². The molecule has 1 aliphatic rings. The van der Waals surface area contributed by atoms with Gasteiger partial charge in [0.25, 0.3) is 17.4 Å². The van der Waals surface area contributed by atoms with Crippen LogP contribution in [0.5, 0.6) is 5.75 Å². The van der Waals surface area contributed by atoms with Crippen LogP contribution in [0.2, 0.25) is 5.02 Å². The van der Waals surface area contributed by atoms with Gasteiger partial charge in [0, 0.05) is 26.2 Å². The highest BCUT2D eigenvalue weighted by Gasteiger charge is 2.49. The van der Waals surface area contributed by atoms with E-state index in [1.807, 2.05) is 45.0 Å². The van der Waals surface area contributed by atoms with Crippen molar-refractivity contribution < 1.29 is 28.6 Å². The topological polar surface area (TPSA) is 168 Å². The van der Waals surface area contributed by atoms with Crippen molar-refractivity contribution in [3.63, 3.8) is 0 Å². The quantitative estimate of drug-likeness (QED) is 0.107. The van der Waals surface area contributed by atoms with Crippen molar-refractivity contribution in [2.24, 2.45) is 0 Å². The molecule has 1 fully saturated rings. The van der Waals surface area contributed by atoms with Crippen molar-refractivity contribution >= 4 is 51.8 Å². The third-order valence-electron chi connectivity index (χ3n) is 9.10. The molecule has 2 N–H and O–H groups in total. The maximum atomic E-state index is 14.5. The number of nitriles is 1. The van der Waals surface area contributed by atoms with Crippen LogP contribution in [0.25, 0.3) is 10.9 Å². The smallest absolute Gasteiger partial charge is 0.418 e. The molecule has 0 aliphatic carbocycles. The largest absolute Gasteiger partial charge is 0.465 e. The predicted octanol–water partition coefficient (Wildman–Crippen LogP) is 6.93. The molecule has 15 heteroatoms. The monoisotopic (exact) mass is 771 g/mol. The van der Waals surface area contributed by atoms with Gasteiger partial charge in [0.05, 0.1) is 27.2 Å². The number of amides is 3. The lowest BCUT2D eigenvalue weighted by molar-refractivity contribution is -0.135. The molecule has 1 aromatic heterocycles. The number of imide groups is 1. The number of benzene rings is 3. The van der Waals surface area contributed by atoms with E-state index in [1.54, 1.807) is 38.4 Å². The number of rotatable bonds is 17. The molecule has 290 valence electrons. The van der Waals surface area contributed by atoms with Crippen molar-refractivity contribution in [3.8, 4) is 11.8 Å². The highest BCUT2D eigenvalue weighted by Crippen LogP contribution is 2.33. The van der Waals surface area contributed by atoms with Gasteiger partial charge in [-0.05, 0) is 75.1 Å². The summed E-state index contributed by atoms with van der Waals surface area (Å²) < 4.78 is 18.8. The van der Waals surface area contributed by atoms with Crippen LogP contribution in [0.1, 0.15) is 80.9 Å². The van der Waals surface area contributed by atoms with Crippen LogP contribution in [0.4, 0.5) is 16.2 Å². The normalized spacial score (nSPS) is 15.0. The van der Waals surface area contributed by atoms with Gasteiger partial charge in [0.15, 0.2) is 18.0 Å². The zero-order valence-corrected chi connectivity index (χ0v) is 32.6. The van der Waals surface area contributed by atoms with Crippen molar-refractivity contribution in [1.29, 1.82) is 5.26 Å². The minimum absolute atomic E-state index is 0.00596. The highest BCUT2D eigenvalue weighted by atomic mass is 35.5. The Morgan fingerprint density at radius 3 is 2.53 bits per heavy atom. The van der Waals surface area contributed by atoms with E-state index in [1.165, 1.54) is 17.1 Å². The fraction of sp³-hybridized carbons (Fsp3) is 0.400. The summed E-state index contributed by atoms with van der Waals surface area (Å²) in [7, 11) is 3.09. The molecule has 5 rings (SSSR count). The molecule has 0 spiro atoms. The molecule has 0 saturated carbocycles. The van der Waals surface area contributed by atoms with Gasteiger partial charge in [-0.3, -0.25) is 14.4 Å². The zero-order chi connectivity index (χ0) is 39.8. The molecule has 0 bridgehead atoms. The van der Waals surface area contributed by atoms with Crippen molar-refractivity contribution in [1.82, 2.24) is 14.6 Å². The molecule has 2 heterocycles. The van der Waals surface area contributed by atoms with Gasteiger partial charge < -0.3 is 29.9 Å². The highest BCUT2D eigenvalue weighted by molar-refractivity contribution is 6.34. The second-order valence-electron chi connectivity index (χ2n) is 13.5. The number of aromatic nitrogens is 2.